The van der Waals surface area contributed by atoms with Crippen molar-refractivity contribution in [2.24, 2.45) is 7.05 Å². The maximum Gasteiger partial charge on any atom is 0.254 e. The van der Waals surface area contributed by atoms with Crippen molar-refractivity contribution in [3.8, 4) is 0 Å². The Labute approximate surface area is 171 Å². The van der Waals surface area contributed by atoms with Crippen molar-refractivity contribution in [2.45, 2.75) is 19.5 Å². The van der Waals surface area contributed by atoms with Gasteiger partial charge >= 0.3 is 0 Å². The molecule has 2 heterocycles. The van der Waals surface area contributed by atoms with Crippen LogP contribution in [0.2, 0.25) is 0 Å². The van der Waals surface area contributed by atoms with E-state index in [0.717, 1.165) is 30.9 Å². The van der Waals surface area contributed by atoms with Crippen molar-refractivity contribution in [1.29, 1.82) is 0 Å². The zero-order valence-electron chi connectivity index (χ0n) is 17.2. The number of amides is 1. The lowest BCUT2D eigenvalue weighted by Gasteiger charge is -2.29. The normalized spacial score (nSPS) is 13.4. The van der Waals surface area contributed by atoms with E-state index >= 15 is 0 Å². The van der Waals surface area contributed by atoms with Crippen LogP contribution in [-0.2, 0) is 26.6 Å². The van der Waals surface area contributed by atoms with Crippen LogP contribution in [0.3, 0.4) is 0 Å². The molecule has 0 saturated heterocycles. The summed E-state index contributed by atoms with van der Waals surface area (Å²) in [6, 6.07) is 14.3. The quantitative estimate of drug-likeness (QED) is 0.726. The van der Waals surface area contributed by atoms with Crippen LogP contribution in [0.25, 0.3) is 0 Å². The van der Waals surface area contributed by atoms with Crippen molar-refractivity contribution < 1.29 is 4.79 Å². The van der Waals surface area contributed by atoms with Gasteiger partial charge in [0.15, 0.2) is 0 Å². The van der Waals surface area contributed by atoms with E-state index in [2.05, 4.69) is 47.6 Å². The van der Waals surface area contributed by atoms with Crippen molar-refractivity contribution in [3.63, 3.8) is 0 Å². The van der Waals surface area contributed by atoms with Gasteiger partial charge in [0.05, 0.1) is 11.9 Å². The minimum absolute atomic E-state index is 0.0721. The summed E-state index contributed by atoms with van der Waals surface area (Å²) in [5.74, 6) is 0.0721. The van der Waals surface area contributed by atoms with Gasteiger partial charge < -0.3 is 15.1 Å². The van der Waals surface area contributed by atoms with Gasteiger partial charge in [-0.1, -0.05) is 24.3 Å². The predicted octanol–water partition coefficient (Wildman–Crippen LogP) is 3.42. The molecule has 0 spiro atoms. The smallest absolute Gasteiger partial charge is 0.254 e. The number of carbonyl (C=O) groups excluding carboxylic acids is 1. The van der Waals surface area contributed by atoms with Crippen molar-refractivity contribution in [1.82, 2.24) is 19.6 Å². The van der Waals surface area contributed by atoms with E-state index in [-0.39, 0.29) is 5.91 Å². The summed E-state index contributed by atoms with van der Waals surface area (Å²) in [6.45, 7) is 2.35. The second-order valence-corrected chi connectivity index (χ2v) is 7.93. The second kappa shape index (κ2) is 8.09. The first kappa shape index (κ1) is 19.2. The van der Waals surface area contributed by atoms with Gasteiger partial charge in [-0.15, -0.1) is 0 Å². The monoisotopic (exact) mass is 389 g/mol. The summed E-state index contributed by atoms with van der Waals surface area (Å²) in [4.78, 5) is 17.2. The van der Waals surface area contributed by atoms with E-state index < -0.39 is 0 Å². The first-order chi connectivity index (χ1) is 14.0. The molecule has 1 amide bonds. The molecule has 0 radical (unpaired) electrons. The molecular weight excluding hydrogens is 362 g/mol. The van der Waals surface area contributed by atoms with Crippen LogP contribution in [0.15, 0.2) is 54.9 Å². The standard InChI is InChI=1S/C23H27N5O/c1-26(2)14-17-7-8-20-15-28(10-9-18(20)11-17)23(29)19-5-4-6-21(12-19)25-22-13-24-27(3)16-22/h4-8,11-13,16,25H,9-10,14-15H2,1-3H3. The van der Waals surface area contributed by atoms with Gasteiger partial charge in [-0.25, -0.2) is 0 Å². The van der Waals surface area contributed by atoms with Crippen LogP contribution in [-0.4, -0.2) is 46.1 Å². The van der Waals surface area contributed by atoms with Crippen molar-refractivity contribution >= 4 is 17.3 Å². The summed E-state index contributed by atoms with van der Waals surface area (Å²) in [5.41, 5.74) is 6.42. The van der Waals surface area contributed by atoms with E-state index in [1.54, 1.807) is 10.9 Å². The topological polar surface area (TPSA) is 53.4 Å². The second-order valence-electron chi connectivity index (χ2n) is 7.93. The number of hydrogen-bond donors (Lipinski definition) is 1. The fourth-order valence-electron chi connectivity index (χ4n) is 3.81. The number of nitrogens with zero attached hydrogens (tertiary/aromatic N) is 4. The summed E-state index contributed by atoms with van der Waals surface area (Å²) >= 11 is 0. The number of aryl methyl sites for hydroxylation is 1. The highest BCUT2D eigenvalue weighted by molar-refractivity contribution is 5.95. The Kier molecular flexibility index (Phi) is 5.36. The van der Waals surface area contributed by atoms with E-state index in [4.69, 9.17) is 0 Å². The van der Waals surface area contributed by atoms with Crippen LogP contribution in [0, 0.1) is 0 Å². The van der Waals surface area contributed by atoms with Gasteiger partial charge in [-0.05, 0) is 55.4 Å². The molecule has 6 heteroatoms. The van der Waals surface area contributed by atoms with Gasteiger partial charge in [-0.3, -0.25) is 9.48 Å². The fourth-order valence-corrected chi connectivity index (χ4v) is 3.81. The van der Waals surface area contributed by atoms with Crippen LogP contribution in [0.4, 0.5) is 11.4 Å². The molecule has 6 nitrogen and oxygen atoms in total. The molecule has 0 saturated carbocycles. The average molecular weight is 390 g/mol. The highest BCUT2D eigenvalue weighted by Crippen LogP contribution is 2.24. The lowest BCUT2D eigenvalue weighted by Crippen LogP contribution is -2.36. The number of aromatic nitrogens is 2. The molecule has 0 bridgehead atoms. The Balaban J connectivity index is 1.47. The zero-order valence-corrected chi connectivity index (χ0v) is 17.2. The Hall–Kier alpha value is -3.12. The molecule has 3 aromatic rings. The molecule has 1 aliphatic rings. The van der Waals surface area contributed by atoms with Gasteiger partial charge in [0, 0.05) is 44.1 Å². The van der Waals surface area contributed by atoms with E-state index in [9.17, 15) is 4.79 Å². The zero-order chi connectivity index (χ0) is 20.4. The number of rotatable bonds is 5. The Morgan fingerprint density at radius 3 is 2.76 bits per heavy atom. The van der Waals surface area contributed by atoms with Gasteiger partial charge in [0.1, 0.15) is 0 Å². The summed E-state index contributed by atoms with van der Waals surface area (Å²) < 4.78 is 1.74. The summed E-state index contributed by atoms with van der Waals surface area (Å²) in [6.07, 6.45) is 4.57. The molecule has 0 aliphatic carbocycles. The van der Waals surface area contributed by atoms with E-state index in [1.165, 1.54) is 16.7 Å². The number of fused-ring (bicyclic) bond motifs is 1. The molecule has 0 atom stereocenters. The number of carbonyl (C=O) groups is 1. The Morgan fingerprint density at radius 1 is 1.14 bits per heavy atom. The van der Waals surface area contributed by atoms with Crippen LogP contribution in [0.1, 0.15) is 27.0 Å². The summed E-state index contributed by atoms with van der Waals surface area (Å²) in [5, 5.41) is 7.47. The minimum atomic E-state index is 0.0721. The first-order valence-electron chi connectivity index (χ1n) is 9.88. The molecule has 0 fully saturated rings. The maximum absolute atomic E-state index is 13.1. The third kappa shape index (κ3) is 4.49. The van der Waals surface area contributed by atoms with Gasteiger partial charge in [0.25, 0.3) is 5.91 Å². The highest BCUT2D eigenvalue weighted by atomic mass is 16.2. The minimum Gasteiger partial charge on any atom is -0.353 e. The third-order valence-corrected chi connectivity index (χ3v) is 5.17. The molecule has 1 aromatic heterocycles. The lowest BCUT2D eigenvalue weighted by atomic mass is 9.96. The van der Waals surface area contributed by atoms with Gasteiger partial charge in [-0.2, -0.15) is 5.10 Å². The number of hydrogen-bond acceptors (Lipinski definition) is 4. The lowest BCUT2D eigenvalue weighted by molar-refractivity contribution is 0.0734. The molecule has 2 aromatic carbocycles. The van der Waals surface area contributed by atoms with Crippen LogP contribution < -0.4 is 5.32 Å². The molecule has 1 N–H and O–H groups in total. The predicted molar refractivity (Wildman–Crippen MR) is 115 cm³/mol. The molecular formula is C23H27N5O. The number of anilines is 2. The Bertz CT molecular complexity index is 1020. The highest BCUT2D eigenvalue weighted by Gasteiger charge is 2.22. The van der Waals surface area contributed by atoms with E-state index in [1.807, 2.05) is 42.4 Å². The average Bonchev–Trinajstić information content (AvgIpc) is 3.11. The molecule has 150 valence electrons. The van der Waals surface area contributed by atoms with Crippen molar-refractivity contribution in [2.75, 3.05) is 26.0 Å². The third-order valence-electron chi connectivity index (χ3n) is 5.17. The number of nitrogens with one attached hydrogen (secondary N) is 1. The molecule has 4 rings (SSSR count). The Morgan fingerprint density at radius 2 is 2.00 bits per heavy atom. The van der Waals surface area contributed by atoms with Crippen LogP contribution >= 0.6 is 0 Å². The van der Waals surface area contributed by atoms with E-state index in [0.29, 0.717) is 12.1 Å². The molecule has 1 aliphatic heterocycles. The summed E-state index contributed by atoms with van der Waals surface area (Å²) in [7, 11) is 6.04. The largest absolute Gasteiger partial charge is 0.353 e. The maximum atomic E-state index is 13.1. The number of benzene rings is 2. The van der Waals surface area contributed by atoms with Gasteiger partial charge in [0.2, 0.25) is 0 Å². The fraction of sp³-hybridized carbons (Fsp3) is 0.304. The van der Waals surface area contributed by atoms with Crippen molar-refractivity contribution in [3.05, 3.63) is 77.1 Å². The SMILES string of the molecule is CN(C)Cc1ccc2c(c1)CCN(C(=O)c1cccc(Nc3cnn(C)c3)c1)C2. The molecule has 0 unspecified atom stereocenters. The molecule has 29 heavy (non-hydrogen) atoms. The first-order valence-corrected chi connectivity index (χ1v) is 9.88. The van der Waals surface area contributed by atoms with Crippen LogP contribution in [0.5, 0.6) is 0 Å².